The molecule has 286 valence electrons. The monoisotopic (exact) mass is 746 g/mol. The number of likely N-dealkylation sites (tertiary alicyclic amines) is 2. The molecule has 7 heterocycles. The Hall–Kier alpha value is -5.44. The molecule has 0 unspecified atom stereocenters. The first-order valence-corrected chi connectivity index (χ1v) is 20.6. The Morgan fingerprint density at radius 3 is 1.32 bits per heavy atom. The minimum Gasteiger partial charge on any atom is -0.488 e. The molecule has 0 spiro atoms. The molecule has 2 saturated heterocycles. The van der Waals surface area contributed by atoms with E-state index in [9.17, 15) is 0 Å². The van der Waals surface area contributed by atoms with Crippen LogP contribution in [-0.2, 0) is 0 Å². The van der Waals surface area contributed by atoms with Gasteiger partial charge in [0.15, 0.2) is 0 Å². The van der Waals surface area contributed by atoms with E-state index in [2.05, 4.69) is 133 Å². The number of hydrogen-bond donors (Lipinski definition) is 2. The molecule has 8 bridgehead atoms. The van der Waals surface area contributed by atoms with Gasteiger partial charge in [-0.3, -0.25) is 0 Å². The molecule has 56 heavy (non-hydrogen) atoms. The first-order chi connectivity index (χ1) is 27.4. The van der Waals surface area contributed by atoms with Gasteiger partial charge in [0.05, 0.1) is 63.1 Å². The molecule has 4 aliphatic heterocycles. The van der Waals surface area contributed by atoms with E-state index in [0.717, 1.165) is 114 Å². The van der Waals surface area contributed by atoms with Gasteiger partial charge in [0.2, 0.25) is 0 Å². The number of piperidine rings is 2. The van der Waals surface area contributed by atoms with Gasteiger partial charge in [-0.25, -0.2) is 9.97 Å². The SMILES string of the molecule is C[N+]1(CCOc2ccc(-c3c4nc(cc5ccc([nH]5)c(-c5ccc(OCC[N+]6(C)CCCCC6)cc5)c5nc(cc6ccc3[nH]6)C=C5)C=C4)cc2)CCCCC1. The Labute approximate surface area is 330 Å². The first-order valence-electron chi connectivity index (χ1n) is 20.6. The number of ether oxygens (including phenoxy) is 2. The third-order valence-electron chi connectivity index (χ3n) is 12.3. The van der Waals surface area contributed by atoms with Crippen molar-refractivity contribution in [2.45, 2.75) is 38.5 Å². The predicted molar refractivity (Wildman–Crippen MR) is 230 cm³/mol. The molecule has 5 aromatic rings. The average molecular weight is 747 g/mol. The molecule has 0 aliphatic carbocycles. The molecule has 8 nitrogen and oxygen atoms in total. The highest BCUT2D eigenvalue weighted by Gasteiger charge is 2.25. The maximum atomic E-state index is 6.26. The van der Waals surface area contributed by atoms with Crippen molar-refractivity contribution in [3.63, 3.8) is 0 Å². The Kier molecular flexibility index (Phi) is 10.1. The minimum atomic E-state index is 0.726. The highest BCUT2D eigenvalue weighted by Crippen LogP contribution is 2.34. The fourth-order valence-corrected chi connectivity index (χ4v) is 8.88. The Morgan fingerprint density at radius 2 is 0.911 bits per heavy atom. The number of aromatic amines is 2. The van der Waals surface area contributed by atoms with Crippen LogP contribution in [0.5, 0.6) is 11.5 Å². The van der Waals surface area contributed by atoms with Crippen LogP contribution >= 0.6 is 0 Å². The second-order valence-corrected chi connectivity index (χ2v) is 16.7. The van der Waals surface area contributed by atoms with Gasteiger partial charge >= 0.3 is 0 Å². The van der Waals surface area contributed by atoms with Crippen molar-refractivity contribution >= 4 is 46.4 Å². The van der Waals surface area contributed by atoms with Gasteiger partial charge in [0.25, 0.3) is 0 Å². The number of likely N-dealkylation sites (N-methyl/N-ethyl adjacent to an activating group) is 2. The number of benzene rings is 2. The minimum absolute atomic E-state index is 0.726. The molecule has 0 saturated carbocycles. The lowest BCUT2D eigenvalue weighted by molar-refractivity contribution is -0.914. The van der Waals surface area contributed by atoms with Crippen LogP contribution in [0.2, 0.25) is 0 Å². The number of fused-ring (bicyclic) bond motifs is 8. The van der Waals surface area contributed by atoms with Gasteiger partial charge in [-0.15, -0.1) is 0 Å². The molecule has 2 fully saturated rings. The quantitative estimate of drug-likeness (QED) is 0.137. The largest absolute Gasteiger partial charge is 0.488 e. The molecule has 0 amide bonds. The van der Waals surface area contributed by atoms with Crippen molar-refractivity contribution in [3.8, 4) is 33.8 Å². The van der Waals surface area contributed by atoms with E-state index < -0.39 is 0 Å². The Bertz CT molecular complexity index is 2240. The number of quaternary nitrogens is 2. The van der Waals surface area contributed by atoms with Crippen molar-refractivity contribution in [2.24, 2.45) is 0 Å². The summed E-state index contributed by atoms with van der Waals surface area (Å²) in [6, 6.07) is 29.7. The summed E-state index contributed by atoms with van der Waals surface area (Å²) in [6.07, 6.45) is 16.4. The smallest absolute Gasteiger partial charge is 0.137 e. The number of hydrogen-bond acceptors (Lipinski definition) is 4. The third-order valence-corrected chi connectivity index (χ3v) is 12.3. The zero-order valence-corrected chi connectivity index (χ0v) is 32.9. The second-order valence-electron chi connectivity index (χ2n) is 16.7. The van der Waals surface area contributed by atoms with Crippen LogP contribution in [0.3, 0.4) is 0 Å². The van der Waals surface area contributed by atoms with Crippen LogP contribution in [0.25, 0.3) is 68.6 Å². The third kappa shape index (κ3) is 8.08. The zero-order valence-electron chi connectivity index (χ0n) is 32.9. The maximum absolute atomic E-state index is 6.26. The standard InChI is InChI=1S/C48H54N6O2/c1-53(25-5-3-6-26-53)29-31-55-41-17-9-35(10-18-41)47-43-21-13-37(49-43)33-39-15-23-45(51-39)48(46-24-16-40(52-46)34-38-14-22-44(47)50-38)36-11-19-42(20-12-36)56-32-30-54(2)27-7-4-8-28-54/h9-24,33-34,49,52H,3-8,25-32H2,1-2H3/q+2. The van der Waals surface area contributed by atoms with Crippen LogP contribution < -0.4 is 9.47 Å². The summed E-state index contributed by atoms with van der Waals surface area (Å²) in [5.41, 5.74) is 11.8. The lowest BCUT2D eigenvalue weighted by atomic mass is 10.0. The molecule has 8 heteroatoms. The zero-order chi connectivity index (χ0) is 38.0. The predicted octanol–water partition coefficient (Wildman–Crippen LogP) is 10.0. The molecule has 3 aromatic heterocycles. The molecule has 2 aromatic carbocycles. The first kappa shape index (κ1) is 36.2. The van der Waals surface area contributed by atoms with Crippen LogP contribution in [-0.4, -0.2) is 95.5 Å². The topological polar surface area (TPSA) is 75.8 Å². The van der Waals surface area contributed by atoms with Crippen LogP contribution in [0, 0.1) is 0 Å². The summed E-state index contributed by atoms with van der Waals surface area (Å²) in [6.45, 7) is 8.53. The van der Waals surface area contributed by atoms with E-state index in [1.807, 2.05) is 0 Å². The van der Waals surface area contributed by atoms with E-state index in [1.165, 1.54) is 64.7 Å². The lowest BCUT2D eigenvalue weighted by Crippen LogP contribution is -2.50. The lowest BCUT2D eigenvalue weighted by Gasteiger charge is -2.37. The van der Waals surface area contributed by atoms with Crippen LogP contribution in [0.4, 0.5) is 0 Å². The van der Waals surface area contributed by atoms with Crippen LogP contribution in [0.1, 0.15) is 61.3 Å². The summed E-state index contributed by atoms with van der Waals surface area (Å²) >= 11 is 0. The molecule has 2 N–H and O–H groups in total. The summed E-state index contributed by atoms with van der Waals surface area (Å²) in [5.74, 6) is 1.80. The van der Waals surface area contributed by atoms with Crippen molar-refractivity contribution < 1.29 is 18.4 Å². The Morgan fingerprint density at radius 1 is 0.500 bits per heavy atom. The van der Waals surface area contributed by atoms with E-state index in [1.54, 1.807) is 0 Å². The fraction of sp³-hybridized carbons (Fsp3) is 0.333. The van der Waals surface area contributed by atoms with Crippen LogP contribution in [0.15, 0.2) is 84.9 Å². The summed E-state index contributed by atoms with van der Waals surface area (Å²) in [4.78, 5) is 17.6. The van der Waals surface area contributed by atoms with Gasteiger partial charge in [0.1, 0.15) is 37.8 Å². The van der Waals surface area contributed by atoms with Crippen molar-refractivity contribution in [1.29, 1.82) is 0 Å². The maximum Gasteiger partial charge on any atom is 0.137 e. The van der Waals surface area contributed by atoms with Gasteiger partial charge < -0.3 is 28.4 Å². The van der Waals surface area contributed by atoms with E-state index in [-0.39, 0.29) is 0 Å². The molecule has 0 atom stereocenters. The number of aromatic nitrogens is 4. The second kappa shape index (κ2) is 15.6. The van der Waals surface area contributed by atoms with Gasteiger partial charge in [-0.05, 0) is 135 Å². The fourth-order valence-electron chi connectivity index (χ4n) is 8.88. The molecule has 9 rings (SSSR count). The average Bonchev–Trinajstić information content (AvgIpc) is 4.04. The van der Waals surface area contributed by atoms with E-state index >= 15 is 0 Å². The number of H-pyrrole nitrogens is 2. The Balaban J connectivity index is 1.03. The molecular formula is C48H54N6O2+2. The molecular weight excluding hydrogens is 693 g/mol. The van der Waals surface area contributed by atoms with Gasteiger partial charge in [-0.2, -0.15) is 0 Å². The van der Waals surface area contributed by atoms with E-state index in [0.29, 0.717) is 0 Å². The molecule has 0 radical (unpaired) electrons. The van der Waals surface area contributed by atoms with Crippen molar-refractivity contribution in [2.75, 3.05) is 66.6 Å². The normalized spacial score (nSPS) is 17.2. The molecule has 4 aliphatic rings. The summed E-state index contributed by atoms with van der Waals surface area (Å²) < 4.78 is 14.7. The van der Waals surface area contributed by atoms with Gasteiger partial charge in [-0.1, -0.05) is 24.3 Å². The number of rotatable bonds is 10. The van der Waals surface area contributed by atoms with E-state index in [4.69, 9.17) is 19.4 Å². The highest BCUT2D eigenvalue weighted by atomic mass is 16.5. The van der Waals surface area contributed by atoms with Gasteiger partial charge in [0, 0.05) is 33.2 Å². The number of nitrogens with one attached hydrogen (secondary N) is 2. The highest BCUT2D eigenvalue weighted by molar-refractivity contribution is 5.93. The number of nitrogens with zero attached hydrogens (tertiary/aromatic N) is 4. The summed E-state index contributed by atoms with van der Waals surface area (Å²) in [5, 5.41) is 0. The summed E-state index contributed by atoms with van der Waals surface area (Å²) in [7, 11) is 4.73. The van der Waals surface area contributed by atoms with Crippen molar-refractivity contribution in [3.05, 3.63) is 108 Å². The van der Waals surface area contributed by atoms with Crippen molar-refractivity contribution in [1.82, 2.24) is 19.9 Å².